The summed E-state index contributed by atoms with van der Waals surface area (Å²) in [6.45, 7) is 4.30. The first kappa shape index (κ1) is 21.8. The molecular weight excluding hydrogens is 446 g/mol. The van der Waals surface area contributed by atoms with Crippen LogP contribution in [0.5, 0.6) is 0 Å². The van der Waals surface area contributed by atoms with Crippen LogP contribution >= 0.6 is 0 Å². The maximum atomic E-state index is 13.0. The Morgan fingerprint density at radius 2 is 1.86 bits per heavy atom. The Bertz CT molecular complexity index is 1410. The molecule has 3 aliphatic carbocycles. The van der Waals surface area contributed by atoms with E-state index in [1.54, 1.807) is 0 Å². The van der Waals surface area contributed by atoms with Crippen molar-refractivity contribution in [3.63, 3.8) is 0 Å². The molecule has 2 aromatic heterocycles. The number of piperazine rings is 1. The second kappa shape index (κ2) is 8.30. The van der Waals surface area contributed by atoms with Gasteiger partial charge in [0.05, 0.1) is 17.3 Å². The number of amides is 1. The summed E-state index contributed by atoms with van der Waals surface area (Å²) in [5.41, 5.74) is 4.97. The smallest absolute Gasteiger partial charge is 0.226 e. The standard InChI is InChI=1S/C30H31N5O/c1-18-23-3-2-4-24(25(23)11-12-32-18)26-15-22(16-31)29(33-28(26)20-7-8-20)34-13-14-35(30(36)21-9-10-21)27(17-34)19-5-6-19/h2-4,11-12,15,19-21,27H,5-10,13-14,17H2,1H3/t27-/m0/s1. The molecule has 1 saturated heterocycles. The van der Waals surface area contributed by atoms with E-state index in [2.05, 4.69) is 51.2 Å². The van der Waals surface area contributed by atoms with Crippen LogP contribution in [0.25, 0.3) is 21.9 Å². The van der Waals surface area contributed by atoms with Crippen molar-refractivity contribution in [1.29, 1.82) is 5.26 Å². The Balaban J connectivity index is 1.29. The average Bonchev–Trinajstić information content (AvgIpc) is 3.77. The minimum Gasteiger partial charge on any atom is -0.352 e. The third kappa shape index (κ3) is 3.73. The van der Waals surface area contributed by atoms with Crippen LogP contribution in [0, 0.1) is 30.1 Å². The van der Waals surface area contributed by atoms with E-state index >= 15 is 0 Å². The fraction of sp³-hybridized carbons (Fsp3) is 0.467. The Morgan fingerprint density at radius 1 is 1.03 bits per heavy atom. The lowest BCUT2D eigenvalue weighted by Crippen LogP contribution is -2.57. The number of fused-ring (bicyclic) bond motifs is 1. The van der Waals surface area contributed by atoms with Gasteiger partial charge in [-0.05, 0) is 74.4 Å². The first-order valence-corrected chi connectivity index (χ1v) is 13.5. The molecule has 6 heteroatoms. The van der Waals surface area contributed by atoms with Gasteiger partial charge in [-0.2, -0.15) is 5.26 Å². The Kier molecular flexibility index (Phi) is 5.02. The van der Waals surface area contributed by atoms with E-state index in [4.69, 9.17) is 4.98 Å². The highest BCUT2D eigenvalue weighted by molar-refractivity contribution is 5.98. The topological polar surface area (TPSA) is 73.1 Å². The number of carbonyl (C=O) groups is 1. The summed E-state index contributed by atoms with van der Waals surface area (Å²) >= 11 is 0. The summed E-state index contributed by atoms with van der Waals surface area (Å²) in [5, 5.41) is 12.5. The van der Waals surface area contributed by atoms with E-state index in [1.165, 1.54) is 12.8 Å². The molecule has 0 radical (unpaired) electrons. The number of hydrogen-bond acceptors (Lipinski definition) is 5. The van der Waals surface area contributed by atoms with Crippen LogP contribution in [-0.4, -0.2) is 46.5 Å². The fourth-order valence-electron chi connectivity index (χ4n) is 6.04. The van der Waals surface area contributed by atoms with Crippen molar-refractivity contribution in [3.8, 4) is 17.2 Å². The monoisotopic (exact) mass is 477 g/mol. The van der Waals surface area contributed by atoms with Crippen molar-refractivity contribution >= 4 is 22.5 Å². The zero-order valence-corrected chi connectivity index (χ0v) is 20.8. The van der Waals surface area contributed by atoms with E-state index in [-0.39, 0.29) is 12.0 Å². The van der Waals surface area contributed by atoms with Crippen molar-refractivity contribution < 1.29 is 4.79 Å². The zero-order chi connectivity index (χ0) is 24.4. The van der Waals surface area contributed by atoms with Gasteiger partial charge in [-0.3, -0.25) is 9.78 Å². The number of pyridine rings is 2. The fourth-order valence-corrected chi connectivity index (χ4v) is 6.04. The highest BCUT2D eigenvalue weighted by Gasteiger charge is 2.45. The van der Waals surface area contributed by atoms with Gasteiger partial charge in [0.15, 0.2) is 0 Å². The maximum Gasteiger partial charge on any atom is 0.226 e. The molecule has 3 heterocycles. The lowest BCUT2D eigenvalue weighted by Gasteiger charge is -2.43. The van der Waals surface area contributed by atoms with Crippen LogP contribution in [0.3, 0.4) is 0 Å². The van der Waals surface area contributed by atoms with Gasteiger partial charge in [-0.1, -0.05) is 18.2 Å². The first-order valence-electron chi connectivity index (χ1n) is 13.5. The largest absolute Gasteiger partial charge is 0.352 e. The van der Waals surface area contributed by atoms with Crippen LogP contribution < -0.4 is 4.90 Å². The molecule has 1 atom stereocenters. The van der Waals surface area contributed by atoms with Crippen LogP contribution in [0.15, 0.2) is 36.5 Å². The van der Waals surface area contributed by atoms with Gasteiger partial charge in [-0.15, -0.1) is 0 Å². The Labute approximate surface area is 211 Å². The van der Waals surface area contributed by atoms with Crippen molar-refractivity contribution in [1.82, 2.24) is 14.9 Å². The highest BCUT2D eigenvalue weighted by atomic mass is 16.2. The summed E-state index contributed by atoms with van der Waals surface area (Å²) < 4.78 is 0. The average molecular weight is 478 g/mol. The normalized spacial score (nSPS) is 22.1. The van der Waals surface area contributed by atoms with Crippen molar-refractivity contribution in [2.24, 2.45) is 11.8 Å². The lowest BCUT2D eigenvalue weighted by molar-refractivity contribution is -0.135. The molecule has 3 saturated carbocycles. The van der Waals surface area contributed by atoms with Crippen LogP contribution in [0.1, 0.15) is 61.4 Å². The van der Waals surface area contributed by atoms with Gasteiger partial charge >= 0.3 is 0 Å². The highest BCUT2D eigenvalue weighted by Crippen LogP contribution is 2.47. The van der Waals surface area contributed by atoms with Gasteiger partial charge in [0.2, 0.25) is 5.91 Å². The Morgan fingerprint density at radius 3 is 2.58 bits per heavy atom. The quantitative estimate of drug-likeness (QED) is 0.506. The van der Waals surface area contributed by atoms with Gasteiger partial charge in [0, 0.05) is 54.3 Å². The summed E-state index contributed by atoms with van der Waals surface area (Å²) in [7, 11) is 0. The van der Waals surface area contributed by atoms with E-state index < -0.39 is 0 Å². The SMILES string of the molecule is Cc1nccc2c(-c3cc(C#N)c(N4CCN(C(=O)C5CC5)[C@H](C5CC5)C4)nc3C3CC3)cccc12. The number of carbonyl (C=O) groups excluding carboxylic acids is 1. The number of aromatic nitrogens is 2. The van der Waals surface area contributed by atoms with Crippen LogP contribution in [-0.2, 0) is 4.79 Å². The van der Waals surface area contributed by atoms with E-state index in [1.807, 2.05) is 13.1 Å². The molecular formula is C30H31N5O. The van der Waals surface area contributed by atoms with Crippen molar-refractivity contribution in [2.45, 2.75) is 57.4 Å². The molecule has 0 bridgehead atoms. The second-order valence-corrected chi connectivity index (χ2v) is 11.1. The minimum absolute atomic E-state index is 0.248. The summed E-state index contributed by atoms with van der Waals surface area (Å²) in [6, 6.07) is 13.2. The number of aryl methyl sites for hydroxylation is 1. The van der Waals surface area contributed by atoms with Crippen molar-refractivity contribution in [2.75, 3.05) is 24.5 Å². The second-order valence-electron chi connectivity index (χ2n) is 11.1. The van der Waals surface area contributed by atoms with E-state index in [0.29, 0.717) is 23.3 Å². The molecule has 4 aliphatic rings. The molecule has 0 spiro atoms. The zero-order valence-electron chi connectivity index (χ0n) is 20.8. The van der Waals surface area contributed by atoms with Crippen LogP contribution in [0.4, 0.5) is 5.82 Å². The van der Waals surface area contributed by atoms with Crippen molar-refractivity contribution in [3.05, 3.63) is 53.5 Å². The predicted octanol–water partition coefficient (Wildman–Crippen LogP) is 5.19. The molecule has 182 valence electrons. The molecule has 1 aliphatic heterocycles. The molecule has 7 rings (SSSR count). The maximum absolute atomic E-state index is 13.0. The summed E-state index contributed by atoms with van der Waals surface area (Å²) in [6.07, 6.45) is 8.65. The Hall–Kier alpha value is -3.46. The first-order chi connectivity index (χ1) is 17.6. The number of nitrogens with zero attached hydrogens (tertiary/aromatic N) is 5. The number of rotatable bonds is 5. The molecule has 1 amide bonds. The van der Waals surface area contributed by atoms with Gasteiger partial charge in [0.25, 0.3) is 0 Å². The van der Waals surface area contributed by atoms with Crippen LogP contribution in [0.2, 0.25) is 0 Å². The molecule has 0 N–H and O–H groups in total. The van der Waals surface area contributed by atoms with E-state index in [0.717, 1.165) is 84.4 Å². The number of benzene rings is 1. The molecule has 1 aromatic carbocycles. The van der Waals surface area contributed by atoms with E-state index in [9.17, 15) is 10.1 Å². The van der Waals surface area contributed by atoms with Gasteiger partial charge in [0.1, 0.15) is 11.9 Å². The summed E-state index contributed by atoms with van der Waals surface area (Å²) in [4.78, 5) is 27.2. The third-order valence-corrected chi connectivity index (χ3v) is 8.51. The summed E-state index contributed by atoms with van der Waals surface area (Å²) in [5.74, 6) is 2.46. The number of nitriles is 1. The minimum atomic E-state index is 0.248. The number of anilines is 1. The molecule has 4 fully saturated rings. The third-order valence-electron chi connectivity index (χ3n) is 8.51. The molecule has 6 nitrogen and oxygen atoms in total. The molecule has 36 heavy (non-hydrogen) atoms. The lowest BCUT2D eigenvalue weighted by atomic mass is 9.94. The number of hydrogen-bond donors (Lipinski definition) is 0. The molecule has 0 unspecified atom stereocenters. The predicted molar refractivity (Wildman–Crippen MR) is 140 cm³/mol. The van der Waals surface area contributed by atoms with Gasteiger partial charge in [-0.25, -0.2) is 4.98 Å². The van der Waals surface area contributed by atoms with Gasteiger partial charge < -0.3 is 9.80 Å². The molecule has 3 aromatic rings.